The van der Waals surface area contributed by atoms with Crippen LogP contribution in [0.25, 0.3) is 4.96 Å². The number of carbonyl (C=O) groups is 1. The van der Waals surface area contributed by atoms with Crippen LogP contribution in [0.2, 0.25) is 0 Å². The zero-order valence-electron chi connectivity index (χ0n) is 16.4. The van der Waals surface area contributed by atoms with Gasteiger partial charge in [-0.05, 0) is 31.0 Å². The Hall–Kier alpha value is -2.18. The van der Waals surface area contributed by atoms with Gasteiger partial charge in [0.15, 0.2) is 4.96 Å². The van der Waals surface area contributed by atoms with Crippen molar-refractivity contribution in [1.29, 1.82) is 0 Å². The number of carbonyl (C=O) groups excluding carboxylic acids is 1. The summed E-state index contributed by atoms with van der Waals surface area (Å²) in [6.45, 7) is 1.50. The molecule has 2 aromatic heterocycles. The standard InChI is InChI=1S/C22H28N4OS/c1-25(20-9-3-2-4-10-20)15-18-8-6-5-7-17(18)14-23-21(27)13-19-16-26-11-12-28-22(26)24-19/h5-8,11-12,16,20H,2-4,9-10,13-15H2,1H3,(H,23,27). The maximum absolute atomic E-state index is 12.4. The van der Waals surface area contributed by atoms with Gasteiger partial charge in [-0.2, -0.15) is 0 Å². The number of amides is 1. The molecule has 1 aromatic carbocycles. The van der Waals surface area contributed by atoms with Crippen molar-refractivity contribution in [3.63, 3.8) is 0 Å². The smallest absolute Gasteiger partial charge is 0.226 e. The first-order valence-electron chi connectivity index (χ1n) is 10.1. The first kappa shape index (κ1) is 19.2. The van der Waals surface area contributed by atoms with Crippen molar-refractivity contribution in [2.45, 2.75) is 57.7 Å². The summed E-state index contributed by atoms with van der Waals surface area (Å²) >= 11 is 1.58. The van der Waals surface area contributed by atoms with Gasteiger partial charge in [0.25, 0.3) is 0 Å². The van der Waals surface area contributed by atoms with Crippen LogP contribution in [0.3, 0.4) is 0 Å². The molecule has 1 N–H and O–H groups in total. The number of thiazole rings is 1. The summed E-state index contributed by atoms with van der Waals surface area (Å²) in [7, 11) is 2.23. The molecule has 1 aliphatic carbocycles. The SMILES string of the molecule is CN(Cc1ccccc1CNC(=O)Cc1cn2ccsc2n1)C1CCCCC1. The number of benzene rings is 1. The van der Waals surface area contributed by atoms with Crippen LogP contribution in [0, 0.1) is 0 Å². The molecular weight excluding hydrogens is 368 g/mol. The number of hydrogen-bond donors (Lipinski definition) is 1. The predicted octanol–water partition coefficient (Wildman–Crippen LogP) is 4.02. The Bertz CT molecular complexity index is 897. The van der Waals surface area contributed by atoms with Gasteiger partial charge in [-0.15, -0.1) is 11.3 Å². The zero-order chi connectivity index (χ0) is 19.3. The summed E-state index contributed by atoms with van der Waals surface area (Å²) in [5, 5.41) is 5.07. The van der Waals surface area contributed by atoms with Crippen LogP contribution in [0.4, 0.5) is 0 Å². The third-order valence-electron chi connectivity index (χ3n) is 5.70. The van der Waals surface area contributed by atoms with Crippen molar-refractivity contribution in [1.82, 2.24) is 19.6 Å². The second-order valence-corrected chi connectivity index (χ2v) is 8.63. The van der Waals surface area contributed by atoms with E-state index in [1.165, 1.54) is 43.2 Å². The number of fused-ring (bicyclic) bond motifs is 1. The van der Waals surface area contributed by atoms with E-state index in [2.05, 4.69) is 46.5 Å². The highest BCUT2D eigenvalue weighted by molar-refractivity contribution is 7.15. The molecule has 0 radical (unpaired) electrons. The van der Waals surface area contributed by atoms with Gasteiger partial charge in [0.05, 0.1) is 12.1 Å². The molecule has 0 atom stereocenters. The molecular formula is C22H28N4OS. The van der Waals surface area contributed by atoms with E-state index in [-0.39, 0.29) is 5.91 Å². The highest BCUT2D eigenvalue weighted by atomic mass is 32.1. The Morgan fingerprint density at radius 1 is 1.25 bits per heavy atom. The van der Waals surface area contributed by atoms with E-state index in [1.54, 1.807) is 11.3 Å². The quantitative estimate of drug-likeness (QED) is 0.656. The maximum atomic E-state index is 12.4. The molecule has 4 rings (SSSR count). The van der Waals surface area contributed by atoms with Crippen molar-refractivity contribution in [3.05, 3.63) is 58.9 Å². The number of nitrogens with one attached hydrogen (secondary N) is 1. The van der Waals surface area contributed by atoms with Gasteiger partial charge in [-0.1, -0.05) is 43.5 Å². The van der Waals surface area contributed by atoms with E-state index in [9.17, 15) is 4.79 Å². The van der Waals surface area contributed by atoms with E-state index in [1.807, 2.05) is 22.2 Å². The van der Waals surface area contributed by atoms with Crippen LogP contribution in [-0.2, 0) is 24.3 Å². The third kappa shape index (κ3) is 4.62. The Balaban J connectivity index is 1.33. The Morgan fingerprint density at radius 3 is 2.82 bits per heavy atom. The number of aromatic nitrogens is 2. The van der Waals surface area contributed by atoms with Crippen molar-refractivity contribution < 1.29 is 4.79 Å². The minimum atomic E-state index is 0.0150. The second-order valence-electron chi connectivity index (χ2n) is 7.75. The average molecular weight is 397 g/mol. The summed E-state index contributed by atoms with van der Waals surface area (Å²) in [6, 6.07) is 9.13. The minimum absolute atomic E-state index is 0.0150. The van der Waals surface area contributed by atoms with Crippen molar-refractivity contribution in [2.24, 2.45) is 0 Å². The number of nitrogens with zero attached hydrogens (tertiary/aromatic N) is 3. The first-order valence-corrected chi connectivity index (χ1v) is 11.0. The summed E-state index contributed by atoms with van der Waals surface area (Å²) in [6.07, 6.45) is 10.9. The lowest BCUT2D eigenvalue weighted by molar-refractivity contribution is -0.120. The van der Waals surface area contributed by atoms with Crippen LogP contribution >= 0.6 is 11.3 Å². The number of imidazole rings is 1. The molecule has 0 saturated heterocycles. The summed E-state index contributed by atoms with van der Waals surface area (Å²) in [5.41, 5.74) is 3.32. The molecule has 0 unspecified atom stereocenters. The molecule has 1 fully saturated rings. The van der Waals surface area contributed by atoms with Gasteiger partial charge in [0.2, 0.25) is 5.91 Å². The summed E-state index contributed by atoms with van der Waals surface area (Å²) in [4.78, 5) is 20.3. The summed E-state index contributed by atoms with van der Waals surface area (Å²) < 4.78 is 1.96. The first-order chi connectivity index (χ1) is 13.7. The lowest BCUT2D eigenvalue weighted by Crippen LogP contribution is -2.33. The van der Waals surface area contributed by atoms with Gasteiger partial charge < -0.3 is 5.32 Å². The fourth-order valence-electron chi connectivity index (χ4n) is 4.09. The summed E-state index contributed by atoms with van der Waals surface area (Å²) in [5.74, 6) is 0.0150. The molecule has 1 aliphatic rings. The fraction of sp³-hybridized carbons (Fsp3) is 0.455. The Labute approximate surface area is 170 Å². The van der Waals surface area contributed by atoms with Crippen LogP contribution < -0.4 is 5.32 Å². The highest BCUT2D eigenvalue weighted by Crippen LogP contribution is 2.23. The predicted molar refractivity (Wildman–Crippen MR) is 113 cm³/mol. The van der Waals surface area contributed by atoms with E-state index in [0.717, 1.165) is 17.2 Å². The lowest BCUT2D eigenvalue weighted by Gasteiger charge is -2.31. The topological polar surface area (TPSA) is 49.6 Å². The number of hydrogen-bond acceptors (Lipinski definition) is 4. The minimum Gasteiger partial charge on any atom is -0.352 e. The Kier molecular flexibility index (Phi) is 6.07. The van der Waals surface area contributed by atoms with Gasteiger partial charge in [-0.25, -0.2) is 4.98 Å². The van der Waals surface area contributed by atoms with E-state index in [4.69, 9.17) is 0 Å². The van der Waals surface area contributed by atoms with Gasteiger partial charge in [-0.3, -0.25) is 14.1 Å². The van der Waals surface area contributed by atoms with E-state index >= 15 is 0 Å². The molecule has 0 bridgehead atoms. The lowest BCUT2D eigenvalue weighted by atomic mass is 9.94. The highest BCUT2D eigenvalue weighted by Gasteiger charge is 2.19. The molecule has 3 aromatic rings. The molecule has 0 spiro atoms. The molecule has 0 aliphatic heterocycles. The molecule has 6 heteroatoms. The van der Waals surface area contributed by atoms with Crippen LogP contribution in [0.15, 0.2) is 42.0 Å². The molecule has 1 amide bonds. The third-order valence-corrected chi connectivity index (χ3v) is 6.47. The van der Waals surface area contributed by atoms with E-state index < -0.39 is 0 Å². The zero-order valence-corrected chi connectivity index (χ0v) is 17.3. The van der Waals surface area contributed by atoms with E-state index in [0.29, 0.717) is 19.0 Å². The molecule has 1 saturated carbocycles. The normalized spacial score (nSPS) is 15.4. The second kappa shape index (κ2) is 8.88. The van der Waals surface area contributed by atoms with Gasteiger partial charge >= 0.3 is 0 Å². The maximum Gasteiger partial charge on any atom is 0.226 e. The number of rotatable bonds is 7. The van der Waals surface area contributed by atoms with Crippen molar-refractivity contribution in [3.8, 4) is 0 Å². The van der Waals surface area contributed by atoms with Crippen molar-refractivity contribution >= 4 is 22.2 Å². The molecule has 28 heavy (non-hydrogen) atoms. The molecule has 148 valence electrons. The van der Waals surface area contributed by atoms with Gasteiger partial charge in [0.1, 0.15) is 0 Å². The van der Waals surface area contributed by atoms with Crippen LogP contribution in [0.5, 0.6) is 0 Å². The Morgan fingerprint density at radius 2 is 2.04 bits per heavy atom. The largest absolute Gasteiger partial charge is 0.352 e. The monoisotopic (exact) mass is 396 g/mol. The molecule has 5 nitrogen and oxygen atoms in total. The van der Waals surface area contributed by atoms with Crippen molar-refractivity contribution in [2.75, 3.05) is 7.05 Å². The van der Waals surface area contributed by atoms with Gasteiger partial charge in [0, 0.05) is 36.9 Å². The fourth-order valence-corrected chi connectivity index (χ4v) is 4.80. The average Bonchev–Trinajstić information content (AvgIpc) is 3.29. The van der Waals surface area contributed by atoms with Crippen LogP contribution in [0.1, 0.15) is 48.9 Å². The van der Waals surface area contributed by atoms with Crippen LogP contribution in [-0.4, -0.2) is 33.3 Å². The molecule has 2 heterocycles.